The van der Waals surface area contributed by atoms with E-state index in [0.29, 0.717) is 24.7 Å². The van der Waals surface area contributed by atoms with Gasteiger partial charge in [-0.3, -0.25) is 4.79 Å². The van der Waals surface area contributed by atoms with Gasteiger partial charge in [-0.15, -0.1) is 0 Å². The lowest BCUT2D eigenvalue weighted by molar-refractivity contribution is 0.0693. The summed E-state index contributed by atoms with van der Waals surface area (Å²) in [5.41, 5.74) is 2.71. The number of hydrogen-bond acceptors (Lipinski definition) is 5. The Balaban J connectivity index is 2.51. The number of aromatic nitrogens is 1. The number of nitrogens with one attached hydrogen (secondary N) is 2. The van der Waals surface area contributed by atoms with Crippen molar-refractivity contribution in [3.63, 3.8) is 0 Å². The molecule has 0 aliphatic rings. The van der Waals surface area contributed by atoms with Gasteiger partial charge in [-0.25, -0.2) is 10.8 Å². The first kappa shape index (κ1) is 13.4. The lowest BCUT2D eigenvalue weighted by Gasteiger charge is -2.12. The Bertz CT molecular complexity index is 370. The Kier molecular flexibility index (Phi) is 5.38. The van der Waals surface area contributed by atoms with Crippen molar-refractivity contribution < 1.29 is 9.53 Å². The molecule has 1 aromatic rings. The van der Waals surface area contributed by atoms with Gasteiger partial charge in [0.1, 0.15) is 11.5 Å². The Labute approximate surface area is 101 Å². The zero-order chi connectivity index (χ0) is 12.7. The van der Waals surface area contributed by atoms with Crippen molar-refractivity contribution in [2.24, 2.45) is 5.84 Å². The van der Waals surface area contributed by atoms with Crippen LogP contribution in [0.5, 0.6) is 0 Å². The summed E-state index contributed by atoms with van der Waals surface area (Å²) < 4.78 is 5.31. The summed E-state index contributed by atoms with van der Waals surface area (Å²) in [6, 6.07) is 5.02. The molecule has 0 spiro atoms. The molecule has 1 atom stereocenters. The highest BCUT2D eigenvalue weighted by Gasteiger charge is 2.09. The molecule has 17 heavy (non-hydrogen) atoms. The molecule has 4 N–H and O–H groups in total. The molecule has 6 heteroatoms. The molecule has 0 radical (unpaired) electrons. The monoisotopic (exact) mass is 238 g/mol. The number of ether oxygens (including phenoxy) is 1. The summed E-state index contributed by atoms with van der Waals surface area (Å²) in [4.78, 5) is 15.7. The van der Waals surface area contributed by atoms with E-state index in [1.54, 1.807) is 18.2 Å². The van der Waals surface area contributed by atoms with Crippen molar-refractivity contribution in [3.8, 4) is 0 Å². The van der Waals surface area contributed by atoms with Gasteiger partial charge < -0.3 is 15.5 Å². The minimum atomic E-state index is -0.242. The summed E-state index contributed by atoms with van der Waals surface area (Å²) in [7, 11) is 0. The summed E-state index contributed by atoms with van der Waals surface area (Å²) in [5.74, 6) is 5.43. The van der Waals surface area contributed by atoms with Crippen molar-refractivity contribution in [3.05, 3.63) is 23.9 Å². The maximum Gasteiger partial charge on any atom is 0.270 e. The van der Waals surface area contributed by atoms with Crippen molar-refractivity contribution >= 4 is 11.7 Å². The van der Waals surface area contributed by atoms with Crippen molar-refractivity contribution in [1.29, 1.82) is 0 Å². The fourth-order valence-corrected chi connectivity index (χ4v) is 1.31. The smallest absolute Gasteiger partial charge is 0.270 e. The van der Waals surface area contributed by atoms with Gasteiger partial charge in [-0.2, -0.15) is 0 Å². The molecule has 0 bridgehead atoms. The number of nitrogen functional groups attached to an aromatic ring is 1. The van der Waals surface area contributed by atoms with E-state index in [2.05, 4.69) is 15.7 Å². The number of pyridine rings is 1. The number of nitrogens with two attached hydrogens (primary N) is 1. The number of amides is 1. The molecule has 0 aromatic carbocycles. The third-order valence-electron chi connectivity index (χ3n) is 2.13. The van der Waals surface area contributed by atoms with E-state index < -0.39 is 0 Å². The van der Waals surface area contributed by atoms with Gasteiger partial charge in [-0.05, 0) is 26.0 Å². The van der Waals surface area contributed by atoms with Crippen LogP contribution in [0, 0.1) is 0 Å². The molecule has 1 aromatic heterocycles. The summed E-state index contributed by atoms with van der Waals surface area (Å²) in [6.45, 7) is 4.89. The average molecular weight is 238 g/mol. The van der Waals surface area contributed by atoms with Crippen LogP contribution in [-0.2, 0) is 4.74 Å². The summed E-state index contributed by atoms with van der Waals surface area (Å²) in [5, 5.41) is 2.74. The zero-order valence-electron chi connectivity index (χ0n) is 10.1. The summed E-state index contributed by atoms with van der Waals surface area (Å²) >= 11 is 0. The number of nitrogens with zero attached hydrogens (tertiary/aromatic N) is 1. The Morgan fingerprint density at radius 2 is 2.35 bits per heavy atom. The number of carbonyl (C=O) groups is 1. The van der Waals surface area contributed by atoms with E-state index in [0.717, 1.165) is 0 Å². The zero-order valence-corrected chi connectivity index (χ0v) is 10.1. The molecule has 1 unspecified atom stereocenters. The number of rotatable bonds is 6. The van der Waals surface area contributed by atoms with E-state index >= 15 is 0 Å². The van der Waals surface area contributed by atoms with Gasteiger partial charge in [0, 0.05) is 13.2 Å². The number of carbonyl (C=O) groups excluding carboxylic acids is 1. The average Bonchev–Trinajstić information content (AvgIpc) is 2.36. The van der Waals surface area contributed by atoms with Crippen molar-refractivity contribution in [2.75, 3.05) is 18.6 Å². The van der Waals surface area contributed by atoms with Gasteiger partial charge in [-0.1, -0.05) is 6.07 Å². The van der Waals surface area contributed by atoms with Crippen LogP contribution in [0.1, 0.15) is 24.3 Å². The molecule has 6 nitrogen and oxygen atoms in total. The first-order valence-corrected chi connectivity index (χ1v) is 5.50. The third kappa shape index (κ3) is 4.38. The van der Waals surface area contributed by atoms with Crippen LogP contribution in [0.3, 0.4) is 0 Å². The highest BCUT2D eigenvalue weighted by molar-refractivity contribution is 5.92. The van der Waals surface area contributed by atoms with Gasteiger partial charge in [0.15, 0.2) is 0 Å². The molecule has 1 rings (SSSR count). The van der Waals surface area contributed by atoms with Crippen LogP contribution in [0.2, 0.25) is 0 Å². The number of anilines is 1. The van der Waals surface area contributed by atoms with Crippen molar-refractivity contribution in [1.82, 2.24) is 10.3 Å². The van der Waals surface area contributed by atoms with E-state index in [1.807, 2.05) is 13.8 Å². The van der Waals surface area contributed by atoms with E-state index in [-0.39, 0.29) is 12.0 Å². The third-order valence-corrected chi connectivity index (χ3v) is 2.13. The standard InChI is InChI=1S/C11H18N4O2/c1-3-17-8(2)7-13-11(16)9-5-4-6-10(14-9)15-12/h4-6,8H,3,7,12H2,1-2H3,(H,13,16)(H,14,15). The molecule has 0 fully saturated rings. The van der Waals surface area contributed by atoms with Crippen LogP contribution in [0.25, 0.3) is 0 Å². The minimum Gasteiger partial charge on any atom is -0.377 e. The molecule has 94 valence electrons. The Morgan fingerprint density at radius 3 is 3.00 bits per heavy atom. The molecule has 1 amide bonds. The number of hydrogen-bond donors (Lipinski definition) is 3. The molecular formula is C11H18N4O2. The van der Waals surface area contributed by atoms with E-state index in [9.17, 15) is 4.79 Å². The predicted octanol–water partition coefficient (Wildman–Crippen LogP) is 0.522. The van der Waals surface area contributed by atoms with Crippen molar-refractivity contribution in [2.45, 2.75) is 20.0 Å². The van der Waals surface area contributed by atoms with Gasteiger partial charge >= 0.3 is 0 Å². The normalized spacial score (nSPS) is 11.9. The molecule has 1 heterocycles. The predicted molar refractivity (Wildman–Crippen MR) is 65.5 cm³/mol. The van der Waals surface area contributed by atoms with Gasteiger partial charge in [0.05, 0.1) is 6.10 Å². The topological polar surface area (TPSA) is 89.3 Å². The minimum absolute atomic E-state index is 0.0141. The molecular weight excluding hydrogens is 220 g/mol. The Morgan fingerprint density at radius 1 is 1.59 bits per heavy atom. The highest BCUT2D eigenvalue weighted by Crippen LogP contribution is 2.02. The van der Waals surface area contributed by atoms with Crippen LogP contribution < -0.4 is 16.6 Å². The summed E-state index contributed by atoms with van der Waals surface area (Å²) in [6.07, 6.45) is -0.0141. The highest BCUT2D eigenvalue weighted by atomic mass is 16.5. The Hall–Kier alpha value is -1.66. The van der Waals surface area contributed by atoms with Crippen LogP contribution >= 0.6 is 0 Å². The maximum absolute atomic E-state index is 11.7. The SMILES string of the molecule is CCOC(C)CNC(=O)c1cccc(NN)n1. The quantitative estimate of drug-likeness (QED) is 0.496. The largest absolute Gasteiger partial charge is 0.377 e. The fourth-order valence-electron chi connectivity index (χ4n) is 1.31. The lowest BCUT2D eigenvalue weighted by Crippen LogP contribution is -2.32. The number of hydrazine groups is 1. The van der Waals surface area contributed by atoms with Crippen LogP contribution in [0.15, 0.2) is 18.2 Å². The lowest BCUT2D eigenvalue weighted by atomic mass is 10.3. The molecule has 0 saturated carbocycles. The molecule has 0 aliphatic heterocycles. The fraction of sp³-hybridized carbons (Fsp3) is 0.455. The van der Waals surface area contributed by atoms with Gasteiger partial charge in [0.25, 0.3) is 5.91 Å². The van der Waals surface area contributed by atoms with Gasteiger partial charge in [0.2, 0.25) is 0 Å². The second kappa shape index (κ2) is 6.82. The second-order valence-corrected chi connectivity index (χ2v) is 3.53. The van der Waals surface area contributed by atoms with E-state index in [1.165, 1.54) is 0 Å². The molecule has 0 saturated heterocycles. The van der Waals surface area contributed by atoms with Crippen LogP contribution in [0.4, 0.5) is 5.82 Å². The molecule has 0 aliphatic carbocycles. The first-order valence-electron chi connectivity index (χ1n) is 5.50. The maximum atomic E-state index is 11.7. The first-order chi connectivity index (χ1) is 8.17. The second-order valence-electron chi connectivity index (χ2n) is 3.53. The van der Waals surface area contributed by atoms with Crippen LogP contribution in [-0.4, -0.2) is 30.1 Å². The van der Waals surface area contributed by atoms with E-state index in [4.69, 9.17) is 10.6 Å².